The van der Waals surface area contributed by atoms with E-state index >= 15 is 0 Å². The lowest BCUT2D eigenvalue weighted by Gasteiger charge is -2.31. The van der Waals surface area contributed by atoms with Crippen molar-refractivity contribution in [2.45, 2.75) is 18.9 Å². The van der Waals surface area contributed by atoms with Gasteiger partial charge in [-0.2, -0.15) is 4.39 Å². The molecule has 3 rings (SSSR count). The molecule has 0 aliphatic carbocycles. The summed E-state index contributed by atoms with van der Waals surface area (Å²) >= 11 is 0.696. The molecule has 3 N–H and O–H groups in total. The van der Waals surface area contributed by atoms with Gasteiger partial charge in [-0.05, 0) is 37.3 Å². The van der Waals surface area contributed by atoms with E-state index in [4.69, 9.17) is 15.2 Å². The number of rotatable bonds is 3. The summed E-state index contributed by atoms with van der Waals surface area (Å²) in [5, 5.41) is 2.18. The van der Waals surface area contributed by atoms with Crippen LogP contribution in [0.15, 0.2) is 35.3 Å². The Labute approximate surface area is 146 Å². The first-order chi connectivity index (χ1) is 11.9. The predicted octanol–water partition coefficient (Wildman–Crippen LogP) is 3.59. The number of benzene rings is 1. The number of thiophene rings is 1. The van der Waals surface area contributed by atoms with Crippen molar-refractivity contribution >= 4 is 29.1 Å². The Bertz CT molecular complexity index is 840. The summed E-state index contributed by atoms with van der Waals surface area (Å²) < 4.78 is 36.9. The standard InChI is InChI=1S/C16H15F2N3O3S/c1-16(6-7-23-14(19)21-16)10-8-9(17)2-3-11(10)20-15(22)24-13-5-4-12(18)25-13/h2-5,8H,6-7H2,1H3,(H2,19,21)(H,20,22)/t16-/m0/s1. The molecule has 2 aromatic rings. The number of nitrogens with zero attached hydrogens (tertiary/aromatic N) is 1. The van der Waals surface area contributed by atoms with Gasteiger partial charge in [0.25, 0.3) is 6.02 Å². The first kappa shape index (κ1) is 17.2. The maximum atomic E-state index is 13.8. The van der Waals surface area contributed by atoms with Crippen LogP contribution < -0.4 is 15.8 Å². The Balaban J connectivity index is 1.86. The lowest BCUT2D eigenvalue weighted by atomic mass is 9.87. The zero-order chi connectivity index (χ0) is 18.0. The van der Waals surface area contributed by atoms with Gasteiger partial charge in [-0.3, -0.25) is 5.32 Å². The van der Waals surface area contributed by atoms with Crippen LogP contribution in [0.5, 0.6) is 5.06 Å². The summed E-state index contributed by atoms with van der Waals surface area (Å²) in [4.78, 5) is 16.3. The Morgan fingerprint density at radius 3 is 2.88 bits per heavy atom. The third-order valence-corrected chi connectivity index (χ3v) is 4.49. The van der Waals surface area contributed by atoms with Gasteiger partial charge in [-0.1, -0.05) is 11.3 Å². The molecule has 0 spiro atoms. The summed E-state index contributed by atoms with van der Waals surface area (Å²) in [6.07, 6.45) is -0.362. The molecule has 2 heterocycles. The SMILES string of the molecule is C[C@@]1(c2cc(F)ccc2NC(=O)Oc2ccc(F)s2)CCOC(N)=N1. The molecular weight excluding hydrogens is 352 g/mol. The van der Waals surface area contributed by atoms with Crippen LogP contribution in [-0.4, -0.2) is 18.7 Å². The molecule has 0 fully saturated rings. The van der Waals surface area contributed by atoms with Gasteiger partial charge in [0.2, 0.25) is 0 Å². The molecule has 0 radical (unpaired) electrons. The molecular formula is C16H15F2N3O3S. The van der Waals surface area contributed by atoms with E-state index in [0.29, 0.717) is 35.6 Å². The van der Waals surface area contributed by atoms with Gasteiger partial charge in [0.15, 0.2) is 10.2 Å². The second-order valence-corrected chi connectivity index (χ2v) is 6.58. The number of amides is 1. The molecule has 0 bridgehead atoms. The molecule has 1 amide bonds. The zero-order valence-corrected chi connectivity index (χ0v) is 14.0. The second kappa shape index (κ2) is 6.67. The number of ether oxygens (including phenoxy) is 2. The maximum absolute atomic E-state index is 13.8. The van der Waals surface area contributed by atoms with E-state index in [1.807, 2.05) is 0 Å². The van der Waals surface area contributed by atoms with Crippen LogP contribution in [0.25, 0.3) is 0 Å². The highest BCUT2D eigenvalue weighted by Crippen LogP contribution is 2.37. The fourth-order valence-corrected chi connectivity index (χ4v) is 3.11. The predicted molar refractivity (Wildman–Crippen MR) is 89.9 cm³/mol. The van der Waals surface area contributed by atoms with Crippen molar-refractivity contribution in [2.24, 2.45) is 10.7 Å². The van der Waals surface area contributed by atoms with Gasteiger partial charge in [-0.15, -0.1) is 0 Å². The molecule has 1 aromatic heterocycles. The molecule has 0 saturated heterocycles. The van der Waals surface area contributed by atoms with Gasteiger partial charge in [0, 0.05) is 17.7 Å². The minimum absolute atomic E-state index is 0.000554. The van der Waals surface area contributed by atoms with Gasteiger partial charge >= 0.3 is 6.09 Å². The fourth-order valence-electron chi connectivity index (χ4n) is 2.53. The van der Waals surface area contributed by atoms with Crippen molar-refractivity contribution in [1.82, 2.24) is 0 Å². The van der Waals surface area contributed by atoms with Crippen LogP contribution >= 0.6 is 11.3 Å². The number of aliphatic imine (C=N–C) groups is 1. The van der Waals surface area contributed by atoms with Crippen molar-refractivity contribution < 1.29 is 23.0 Å². The van der Waals surface area contributed by atoms with Gasteiger partial charge < -0.3 is 15.2 Å². The Morgan fingerprint density at radius 1 is 1.40 bits per heavy atom. The van der Waals surface area contributed by atoms with Gasteiger partial charge in [0.05, 0.1) is 12.1 Å². The number of halogens is 2. The van der Waals surface area contributed by atoms with Crippen LogP contribution in [0.4, 0.5) is 19.3 Å². The van der Waals surface area contributed by atoms with Crippen LogP contribution in [0, 0.1) is 10.9 Å². The zero-order valence-electron chi connectivity index (χ0n) is 13.2. The maximum Gasteiger partial charge on any atom is 0.417 e. The number of carbonyl (C=O) groups excluding carboxylic acids is 1. The molecule has 1 aliphatic rings. The number of carbonyl (C=O) groups is 1. The Morgan fingerprint density at radius 2 is 2.20 bits per heavy atom. The smallest absolute Gasteiger partial charge is 0.417 e. The number of nitrogens with two attached hydrogens (primary N) is 1. The highest BCUT2D eigenvalue weighted by molar-refractivity contribution is 7.12. The molecule has 1 aromatic carbocycles. The monoisotopic (exact) mass is 367 g/mol. The number of hydrogen-bond donors (Lipinski definition) is 2. The number of hydrogen-bond acceptors (Lipinski definition) is 6. The quantitative estimate of drug-likeness (QED) is 0.868. The molecule has 1 aliphatic heterocycles. The van der Waals surface area contributed by atoms with Crippen molar-refractivity contribution in [2.75, 3.05) is 11.9 Å². The van der Waals surface area contributed by atoms with E-state index in [-0.39, 0.29) is 11.1 Å². The van der Waals surface area contributed by atoms with Crippen molar-refractivity contribution in [3.63, 3.8) is 0 Å². The summed E-state index contributed by atoms with van der Waals surface area (Å²) in [7, 11) is 0. The summed E-state index contributed by atoms with van der Waals surface area (Å²) in [6.45, 7) is 2.09. The van der Waals surface area contributed by atoms with E-state index < -0.39 is 22.6 Å². The minimum Gasteiger partial charge on any atom is -0.465 e. The van der Waals surface area contributed by atoms with E-state index in [1.54, 1.807) is 6.92 Å². The van der Waals surface area contributed by atoms with E-state index in [0.717, 1.165) is 0 Å². The average molecular weight is 367 g/mol. The highest BCUT2D eigenvalue weighted by Gasteiger charge is 2.33. The van der Waals surface area contributed by atoms with Crippen molar-refractivity contribution in [1.29, 1.82) is 0 Å². The third kappa shape index (κ3) is 3.87. The Kier molecular flexibility index (Phi) is 4.58. The van der Waals surface area contributed by atoms with Crippen LogP contribution in [0.3, 0.4) is 0 Å². The molecule has 25 heavy (non-hydrogen) atoms. The first-order valence-electron chi connectivity index (χ1n) is 7.38. The molecule has 6 nitrogen and oxygen atoms in total. The summed E-state index contributed by atoms with van der Waals surface area (Å²) in [5.74, 6) is -0.476. The summed E-state index contributed by atoms with van der Waals surface area (Å²) in [6, 6.07) is 6.43. The second-order valence-electron chi connectivity index (χ2n) is 5.59. The minimum atomic E-state index is -0.859. The summed E-state index contributed by atoms with van der Waals surface area (Å²) in [5.41, 5.74) is 5.53. The van der Waals surface area contributed by atoms with Crippen molar-refractivity contribution in [3.8, 4) is 5.06 Å². The number of anilines is 1. The normalized spacial score (nSPS) is 19.7. The molecule has 1 atom stereocenters. The number of nitrogens with one attached hydrogen (secondary N) is 1. The van der Waals surface area contributed by atoms with Crippen molar-refractivity contribution in [3.05, 3.63) is 46.8 Å². The topological polar surface area (TPSA) is 85.9 Å². The molecule has 0 saturated carbocycles. The van der Waals surface area contributed by atoms with Gasteiger partial charge in [0.1, 0.15) is 5.82 Å². The largest absolute Gasteiger partial charge is 0.465 e. The molecule has 0 unspecified atom stereocenters. The lowest BCUT2D eigenvalue weighted by molar-refractivity contribution is 0.215. The highest BCUT2D eigenvalue weighted by atomic mass is 32.1. The Hall–Kier alpha value is -2.68. The third-order valence-electron chi connectivity index (χ3n) is 3.74. The van der Waals surface area contributed by atoms with E-state index in [1.165, 1.54) is 30.3 Å². The van der Waals surface area contributed by atoms with E-state index in [9.17, 15) is 13.6 Å². The molecule has 9 heteroatoms. The number of amidine groups is 1. The van der Waals surface area contributed by atoms with Crippen LogP contribution in [0.1, 0.15) is 18.9 Å². The van der Waals surface area contributed by atoms with Crippen LogP contribution in [0.2, 0.25) is 0 Å². The first-order valence-corrected chi connectivity index (χ1v) is 8.20. The van der Waals surface area contributed by atoms with Gasteiger partial charge in [-0.25, -0.2) is 14.2 Å². The fraction of sp³-hybridized carbons (Fsp3) is 0.250. The van der Waals surface area contributed by atoms with Crippen LogP contribution in [-0.2, 0) is 10.3 Å². The average Bonchev–Trinajstić information content (AvgIpc) is 2.93. The molecule has 132 valence electrons. The van der Waals surface area contributed by atoms with E-state index in [2.05, 4.69) is 10.3 Å². The lowest BCUT2D eigenvalue weighted by Crippen LogP contribution is -2.34.